The quantitative estimate of drug-likeness (QED) is 0.745. The maximum atomic E-state index is 10.7. The molecular weight excluding hydrogens is 188 g/mol. The van der Waals surface area contributed by atoms with Crippen LogP contribution in [0.25, 0.3) is 0 Å². The van der Waals surface area contributed by atoms with Crippen LogP contribution in [0.4, 0.5) is 5.69 Å². The zero-order valence-electron chi connectivity index (χ0n) is 6.97. The van der Waals surface area contributed by atoms with Crippen LogP contribution in [0.15, 0.2) is 18.2 Å². The largest absolute Gasteiger partial charge is 0.325 e. The summed E-state index contributed by atoms with van der Waals surface area (Å²) in [6, 6.07) is 6.65. The van der Waals surface area contributed by atoms with Crippen LogP contribution in [0.3, 0.4) is 0 Å². The van der Waals surface area contributed by atoms with Crippen LogP contribution in [-0.2, 0) is 4.79 Å². The Morgan fingerprint density at radius 2 is 2.31 bits per heavy atom. The lowest BCUT2D eigenvalue weighted by molar-refractivity contribution is -0.114. The van der Waals surface area contributed by atoms with E-state index in [0.717, 1.165) is 0 Å². The van der Waals surface area contributed by atoms with Gasteiger partial charge in [-0.1, -0.05) is 11.6 Å². The van der Waals surface area contributed by atoms with E-state index >= 15 is 0 Å². The van der Waals surface area contributed by atoms with Crippen LogP contribution >= 0.6 is 11.6 Å². The maximum absolute atomic E-state index is 10.7. The Kier molecular flexibility index (Phi) is 2.88. The van der Waals surface area contributed by atoms with E-state index in [-0.39, 0.29) is 5.91 Å². The van der Waals surface area contributed by atoms with Crippen molar-refractivity contribution in [3.8, 4) is 6.07 Å². The Bertz CT molecular complexity index is 382. The minimum absolute atomic E-state index is 0.188. The van der Waals surface area contributed by atoms with E-state index in [1.54, 1.807) is 12.1 Å². The van der Waals surface area contributed by atoms with Gasteiger partial charge < -0.3 is 5.32 Å². The molecule has 0 atom stereocenters. The molecule has 0 aliphatic rings. The zero-order chi connectivity index (χ0) is 9.84. The number of hydrogen-bond donors (Lipinski definition) is 1. The van der Waals surface area contributed by atoms with Crippen molar-refractivity contribution < 1.29 is 4.79 Å². The number of benzene rings is 1. The Morgan fingerprint density at radius 3 is 2.77 bits per heavy atom. The third kappa shape index (κ3) is 2.46. The van der Waals surface area contributed by atoms with E-state index in [4.69, 9.17) is 16.9 Å². The van der Waals surface area contributed by atoms with Gasteiger partial charge in [-0.05, 0) is 18.2 Å². The van der Waals surface area contributed by atoms with Crippen LogP contribution in [-0.4, -0.2) is 5.91 Å². The lowest BCUT2D eigenvalue weighted by Crippen LogP contribution is -2.06. The highest BCUT2D eigenvalue weighted by Gasteiger charge is 2.02. The van der Waals surface area contributed by atoms with Crippen LogP contribution < -0.4 is 5.32 Å². The molecule has 1 N–H and O–H groups in total. The third-order valence-corrected chi connectivity index (χ3v) is 1.72. The SMILES string of the molecule is CC(=O)Nc1ccc(C#N)cc1Cl. The van der Waals surface area contributed by atoms with Gasteiger partial charge in [0.1, 0.15) is 0 Å². The predicted octanol–water partition coefficient (Wildman–Crippen LogP) is 2.17. The van der Waals surface area contributed by atoms with Crippen molar-refractivity contribution in [1.82, 2.24) is 0 Å². The molecule has 0 radical (unpaired) electrons. The van der Waals surface area contributed by atoms with Crippen molar-refractivity contribution in [1.29, 1.82) is 5.26 Å². The van der Waals surface area contributed by atoms with Gasteiger partial charge in [-0.2, -0.15) is 5.26 Å². The Labute approximate surface area is 80.9 Å². The zero-order valence-corrected chi connectivity index (χ0v) is 7.72. The normalized spacial score (nSPS) is 9.00. The Balaban J connectivity index is 3.00. The molecule has 0 aliphatic carbocycles. The number of carbonyl (C=O) groups excluding carboxylic acids is 1. The van der Waals surface area contributed by atoms with Crippen molar-refractivity contribution in [2.45, 2.75) is 6.92 Å². The molecule has 66 valence electrons. The first-order chi connectivity index (χ1) is 6.13. The van der Waals surface area contributed by atoms with E-state index in [1.165, 1.54) is 13.0 Å². The van der Waals surface area contributed by atoms with Crippen LogP contribution in [0.2, 0.25) is 5.02 Å². The van der Waals surface area contributed by atoms with Gasteiger partial charge in [-0.15, -0.1) is 0 Å². The van der Waals surface area contributed by atoms with E-state index in [9.17, 15) is 4.79 Å². The number of nitrogens with zero attached hydrogens (tertiary/aromatic N) is 1. The highest BCUT2D eigenvalue weighted by molar-refractivity contribution is 6.33. The van der Waals surface area contributed by atoms with Crippen molar-refractivity contribution >= 4 is 23.2 Å². The molecule has 1 rings (SSSR count). The van der Waals surface area contributed by atoms with Gasteiger partial charge >= 0.3 is 0 Å². The predicted molar refractivity (Wildman–Crippen MR) is 50.5 cm³/mol. The lowest BCUT2D eigenvalue weighted by atomic mass is 10.2. The number of nitriles is 1. The van der Waals surface area contributed by atoms with Gasteiger partial charge in [0.2, 0.25) is 5.91 Å². The summed E-state index contributed by atoms with van der Waals surface area (Å²) in [4.78, 5) is 10.7. The summed E-state index contributed by atoms with van der Waals surface area (Å²) in [7, 11) is 0. The fraction of sp³-hybridized carbons (Fsp3) is 0.111. The highest BCUT2D eigenvalue weighted by atomic mass is 35.5. The summed E-state index contributed by atoms with van der Waals surface area (Å²) in [5.41, 5.74) is 0.993. The molecule has 0 unspecified atom stereocenters. The summed E-state index contributed by atoms with van der Waals surface area (Å²) < 4.78 is 0. The van der Waals surface area contributed by atoms with Crippen LogP contribution in [0.5, 0.6) is 0 Å². The summed E-state index contributed by atoms with van der Waals surface area (Å²) in [5, 5.41) is 11.5. The molecule has 4 heteroatoms. The van der Waals surface area contributed by atoms with E-state index < -0.39 is 0 Å². The molecule has 1 amide bonds. The maximum Gasteiger partial charge on any atom is 0.221 e. The Hall–Kier alpha value is -1.53. The molecule has 0 heterocycles. The summed E-state index contributed by atoms with van der Waals surface area (Å²) >= 11 is 5.79. The average molecular weight is 195 g/mol. The number of rotatable bonds is 1. The molecule has 1 aromatic rings. The first-order valence-corrected chi connectivity index (χ1v) is 3.98. The monoisotopic (exact) mass is 194 g/mol. The Morgan fingerprint density at radius 1 is 1.62 bits per heavy atom. The number of carbonyl (C=O) groups is 1. The van der Waals surface area contributed by atoms with Crippen molar-refractivity contribution in [2.24, 2.45) is 0 Å². The number of amides is 1. The number of nitrogens with one attached hydrogen (secondary N) is 1. The van der Waals surface area contributed by atoms with Gasteiger partial charge in [0.25, 0.3) is 0 Å². The summed E-state index contributed by atoms with van der Waals surface area (Å²) in [5.74, 6) is -0.188. The molecule has 0 saturated carbocycles. The first-order valence-electron chi connectivity index (χ1n) is 3.60. The topological polar surface area (TPSA) is 52.9 Å². The first kappa shape index (κ1) is 9.56. The minimum Gasteiger partial charge on any atom is -0.325 e. The lowest BCUT2D eigenvalue weighted by Gasteiger charge is -2.03. The number of hydrogen-bond acceptors (Lipinski definition) is 2. The van der Waals surface area contributed by atoms with Gasteiger partial charge in [-0.3, -0.25) is 4.79 Å². The average Bonchev–Trinajstić information content (AvgIpc) is 2.08. The number of anilines is 1. The fourth-order valence-corrected chi connectivity index (χ4v) is 1.10. The molecule has 0 aliphatic heterocycles. The second-order valence-corrected chi connectivity index (χ2v) is 2.89. The van der Waals surface area contributed by atoms with Gasteiger partial charge in [0, 0.05) is 6.92 Å². The molecule has 3 nitrogen and oxygen atoms in total. The molecule has 0 bridgehead atoms. The highest BCUT2D eigenvalue weighted by Crippen LogP contribution is 2.22. The van der Waals surface area contributed by atoms with Crippen molar-refractivity contribution in [2.75, 3.05) is 5.32 Å². The summed E-state index contributed by atoms with van der Waals surface area (Å²) in [6.07, 6.45) is 0. The molecular formula is C9H7ClN2O. The third-order valence-electron chi connectivity index (χ3n) is 1.41. The van der Waals surface area contributed by atoms with E-state index in [1.807, 2.05) is 6.07 Å². The van der Waals surface area contributed by atoms with Gasteiger partial charge in [-0.25, -0.2) is 0 Å². The molecule has 1 aromatic carbocycles. The molecule has 13 heavy (non-hydrogen) atoms. The fourth-order valence-electron chi connectivity index (χ4n) is 0.876. The van der Waals surface area contributed by atoms with E-state index in [2.05, 4.69) is 5.32 Å². The minimum atomic E-state index is -0.188. The van der Waals surface area contributed by atoms with Crippen LogP contribution in [0.1, 0.15) is 12.5 Å². The molecule has 0 fully saturated rings. The molecule has 0 saturated heterocycles. The standard InChI is InChI=1S/C9H7ClN2O/c1-6(13)12-9-3-2-7(5-11)4-8(9)10/h2-4H,1H3,(H,12,13). The molecule has 0 aromatic heterocycles. The van der Waals surface area contributed by atoms with Crippen LogP contribution in [0, 0.1) is 11.3 Å². The second-order valence-electron chi connectivity index (χ2n) is 2.49. The van der Waals surface area contributed by atoms with Crippen molar-refractivity contribution in [3.05, 3.63) is 28.8 Å². The van der Waals surface area contributed by atoms with Gasteiger partial charge in [0.15, 0.2) is 0 Å². The second kappa shape index (κ2) is 3.92. The molecule has 0 spiro atoms. The smallest absolute Gasteiger partial charge is 0.221 e. The number of halogens is 1. The van der Waals surface area contributed by atoms with Gasteiger partial charge in [0.05, 0.1) is 22.3 Å². The van der Waals surface area contributed by atoms with E-state index in [0.29, 0.717) is 16.3 Å². The van der Waals surface area contributed by atoms with Crippen molar-refractivity contribution in [3.63, 3.8) is 0 Å². The summed E-state index contributed by atoms with van der Waals surface area (Å²) in [6.45, 7) is 1.40.